The molecule has 1 N–H and O–H groups in total. The zero-order chi connectivity index (χ0) is 10.1. The van der Waals surface area contributed by atoms with Crippen molar-refractivity contribution >= 4 is 0 Å². The number of hydrogen-bond donors (Lipinski definition) is 1. The summed E-state index contributed by atoms with van der Waals surface area (Å²) < 4.78 is 0. The van der Waals surface area contributed by atoms with Gasteiger partial charge in [0, 0.05) is 18.9 Å². The topological polar surface area (TPSA) is 37.8 Å². The van der Waals surface area contributed by atoms with E-state index in [1.165, 1.54) is 11.1 Å². The molecule has 74 valence electrons. The minimum absolute atomic E-state index is 0.204. The smallest absolute Gasteiger partial charge is 0.0801 e. The van der Waals surface area contributed by atoms with Gasteiger partial charge in [-0.3, -0.25) is 9.97 Å². The van der Waals surface area contributed by atoms with Crippen LogP contribution in [0.3, 0.4) is 0 Å². The van der Waals surface area contributed by atoms with Crippen molar-refractivity contribution in [3.8, 4) is 0 Å². The van der Waals surface area contributed by atoms with E-state index < -0.39 is 0 Å². The van der Waals surface area contributed by atoms with E-state index in [-0.39, 0.29) is 6.04 Å². The lowest BCUT2D eigenvalue weighted by Gasteiger charge is -2.10. The summed E-state index contributed by atoms with van der Waals surface area (Å²) in [4.78, 5) is 8.43. The summed E-state index contributed by atoms with van der Waals surface area (Å²) >= 11 is 0. The SMILES string of the molecule is c1ccc2c(c1)CNC2c1cnccn1. The van der Waals surface area contributed by atoms with Crippen LogP contribution in [0, 0.1) is 0 Å². The molecule has 0 bridgehead atoms. The molecule has 1 aliphatic rings. The van der Waals surface area contributed by atoms with Gasteiger partial charge in [0.1, 0.15) is 0 Å². The minimum Gasteiger partial charge on any atom is -0.301 e. The minimum atomic E-state index is 0.204. The molecule has 0 saturated heterocycles. The molecule has 0 fully saturated rings. The Morgan fingerprint density at radius 3 is 3.00 bits per heavy atom. The second-order valence-corrected chi connectivity index (χ2v) is 3.64. The second-order valence-electron chi connectivity index (χ2n) is 3.64. The fourth-order valence-corrected chi connectivity index (χ4v) is 2.02. The molecule has 1 aliphatic heterocycles. The standard InChI is InChI=1S/C12H11N3/c1-2-4-10-9(3-1)7-15-12(10)11-8-13-5-6-14-11/h1-6,8,12,15H,7H2. The van der Waals surface area contributed by atoms with Crippen LogP contribution in [-0.2, 0) is 6.54 Å². The summed E-state index contributed by atoms with van der Waals surface area (Å²) in [5.41, 5.74) is 3.66. The fraction of sp³-hybridized carbons (Fsp3) is 0.167. The number of nitrogens with zero attached hydrogens (tertiary/aromatic N) is 2. The van der Waals surface area contributed by atoms with Gasteiger partial charge < -0.3 is 5.32 Å². The van der Waals surface area contributed by atoms with E-state index in [2.05, 4.69) is 39.6 Å². The van der Waals surface area contributed by atoms with Crippen molar-refractivity contribution < 1.29 is 0 Å². The fourth-order valence-electron chi connectivity index (χ4n) is 2.02. The first-order chi connectivity index (χ1) is 7.45. The van der Waals surface area contributed by atoms with Crippen LogP contribution in [0.1, 0.15) is 22.9 Å². The predicted octanol–water partition coefficient (Wildman–Crippen LogP) is 1.67. The highest BCUT2D eigenvalue weighted by Gasteiger charge is 2.23. The van der Waals surface area contributed by atoms with Crippen molar-refractivity contribution in [1.82, 2.24) is 15.3 Å². The van der Waals surface area contributed by atoms with Crippen molar-refractivity contribution in [1.29, 1.82) is 0 Å². The lowest BCUT2D eigenvalue weighted by molar-refractivity contribution is 0.647. The van der Waals surface area contributed by atoms with Crippen LogP contribution in [0.15, 0.2) is 42.9 Å². The van der Waals surface area contributed by atoms with Gasteiger partial charge in [-0.2, -0.15) is 0 Å². The van der Waals surface area contributed by atoms with Crippen molar-refractivity contribution in [2.75, 3.05) is 0 Å². The van der Waals surface area contributed by atoms with Gasteiger partial charge >= 0.3 is 0 Å². The third kappa shape index (κ3) is 1.41. The normalized spacial score (nSPS) is 18.8. The summed E-state index contributed by atoms with van der Waals surface area (Å²) in [5.74, 6) is 0. The molecular formula is C12H11N3. The van der Waals surface area contributed by atoms with Crippen molar-refractivity contribution in [3.63, 3.8) is 0 Å². The average Bonchev–Trinajstić information content (AvgIpc) is 2.74. The van der Waals surface area contributed by atoms with Crippen molar-refractivity contribution in [2.24, 2.45) is 0 Å². The molecule has 1 atom stereocenters. The Morgan fingerprint density at radius 2 is 2.13 bits per heavy atom. The number of benzene rings is 1. The molecule has 1 aromatic heterocycles. The van der Waals surface area contributed by atoms with Gasteiger partial charge in [0.15, 0.2) is 0 Å². The Bertz CT molecular complexity index is 467. The zero-order valence-electron chi connectivity index (χ0n) is 8.22. The highest BCUT2D eigenvalue weighted by molar-refractivity contribution is 5.38. The largest absolute Gasteiger partial charge is 0.301 e. The number of nitrogens with one attached hydrogen (secondary N) is 1. The van der Waals surface area contributed by atoms with Crippen LogP contribution >= 0.6 is 0 Å². The van der Waals surface area contributed by atoms with E-state index in [1.54, 1.807) is 12.4 Å². The van der Waals surface area contributed by atoms with Crippen LogP contribution < -0.4 is 5.32 Å². The molecular weight excluding hydrogens is 186 g/mol. The van der Waals surface area contributed by atoms with E-state index in [9.17, 15) is 0 Å². The molecule has 3 heteroatoms. The van der Waals surface area contributed by atoms with Crippen LogP contribution in [-0.4, -0.2) is 9.97 Å². The van der Waals surface area contributed by atoms with Crippen LogP contribution in [0.4, 0.5) is 0 Å². The van der Waals surface area contributed by atoms with Gasteiger partial charge in [0.2, 0.25) is 0 Å². The molecule has 0 radical (unpaired) electrons. The highest BCUT2D eigenvalue weighted by atomic mass is 15.0. The van der Waals surface area contributed by atoms with Gasteiger partial charge in [-0.15, -0.1) is 0 Å². The molecule has 2 heterocycles. The number of fused-ring (bicyclic) bond motifs is 1. The third-order valence-electron chi connectivity index (χ3n) is 2.74. The highest BCUT2D eigenvalue weighted by Crippen LogP contribution is 2.28. The maximum absolute atomic E-state index is 4.33. The molecule has 3 nitrogen and oxygen atoms in total. The predicted molar refractivity (Wildman–Crippen MR) is 57.2 cm³/mol. The molecule has 2 aromatic rings. The first-order valence-electron chi connectivity index (χ1n) is 5.02. The van der Waals surface area contributed by atoms with Gasteiger partial charge in [-0.05, 0) is 11.1 Å². The summed E-state index contributed by atoms with van der Waals surface area (Å²) in [6.07, 6.45) is 5.25. The maximum atomic E-state index is 4.33. The van der Waals surface area contributed by atoms with Crippen molar-refractivity contribution in [3.05, 3.63) is 59.7 Å². The monoisotopic (exact) mass is 197 g/mol. The molecule has 3 rings (SSSR count). The second kappa shape index (κ2) is 3.44. The summed E-state index contributed by atoms with van der Waals surface area (Å²) in [7, 11) is 0. The van der Waals surface area contributed by atoms with Crippen LogP contribution in [0.25, 0.3) is 0 Å². The van der Waals surface area contributed by atoms with Crippen LogP contribution in [0.2, 0.25) is 0 Å². The van der Waals surface area contributed by atoms with Gasteiger partial charge in [0.25, 0.3) is 0 Å². The first kappa shape index (κ1) is 8.56. The molecule has 1 unspecified atom stereocenters. The van der Waals surface area contributed by atoms with E-state index in [4.69, 9.17) is 0 Å². The Hall–Kier alpha value is -1.74. The van der Waals surface area contributed by atoms with Gasteiger partial charge in [-0.25, -0.2) is 0 Å². The molecule has 1 aromatic carbocycles. The quantitative estimate of drug-likeness (QED) is 0.755. The third-order valence-corrected chi connectivity index (χ3v) is 2.74. The van der Waals surface area contributed by atoms with Gasteiger partial charge in [0.05, 0.1) is 17.9 Å². The first-order valence-corrected chi connectivity index (χ1v) is 5.02. The Balaban J connectivity index is 2.05. The Labute approximate surface area is 88.2 Å². The summed E-state index contributed by atoms with van der Waals surface area (Å²) in [5, 5.41) is 3.44. The molecule has 0 amide bonds. The lowest BCUT2D eigenvalue weighted by Crippen LogP contribution is -2.14. The van der Waals surface area contributed by atoms with E-state index in [1.807, 2.05) is 6.20 Å². The summed E-state index contributed by atoms with van der Waals surface area (Å²) in [6.45, 7) is 0.914. The van der Waals surface area contributed by atoms with E-state index in [0.29, 0.717) is 0 Å². The van der Waals surface area contributed by atoms with E-state index >= 15 is 0 Å². The van der Waals surface area contributed by atoms with Gasteiger partial charge in [-0.1, -0.05) is 24.3 Å². The molecule has 0 aliphatic carbocycles. The lowest BCUT2D eigenvalue weighted by atomic mass is 10.0. The number of rotatable bonds is 1. The molecule has 0 saturated carbocycles. The van der Waals surface area contributed by atoms with E-state index in [0.717, 1.165) is 12.2 Å². The molecule has 0 spiro atoms. The number of aromatic nitrogens is 2. The molecule has 15 heavy (non-hydrogen) atoms. The summed E-state index contributed by atoms with van der Waals surface area (Å²) in [6, 6.07) is 8.64. The zero-order valence-corrected chi connectivity index (χ0v) is 8.22. The van der Waals surface area contributed by atoms with Crippen molar-refractivity contribution in [2.45, 2.75) is 12.6 Å². The average molecular weight is 197 g/mol. The Kier molecular flexibility index (Phi) is 1.96. The van der Waals surface area contributed by atoms with Crippen LogP contribution in [0.5, 0.6) is 0 Å². The maximum Gasteiger partial charge on any atom is 0.0801 e. The number of hydrogen-bond acceptors (Lipinski definition) is 3. The Morgan fingerprint density at radius 1 is 1.20 bits per heavy atom.